The van der Waals surface area contributed by atoms with E-state index in [1.54, 1.807) is 24.3 Å². The number of anilines is 2. The second-order valence-corrected chi connectivity index (χ2v) is 6.26. The van der Waals surface area contributed by atoms with Crippen molar-refractivity contribution in [3.63, 3.8) is 0 Å². The highest BCUT2D eigenvalue weighted by Gasteiger charge is 2.08. The molecule has 0 saturated heterocycles. The minimum Gasteiger partial charge on any atom is -0.482 e. The highest BCUT2D eigenvalue weighted by Crippen LogP contribution is 2.22. The molecule has 0 bridgehead atoms. The summed E-state index contributed by atoms with van der Waals surface area (Å²) < 4.78 is 5.38. The molecule has 7 heteroatoms. The van der Waals surface area contributed by atoms with E-state index in [-0.39, 0.29) is 17.6 Å². The van der Waals surface area contributed by atoms with E-state index in [9.17, 15) is 4.79 Å². The van der Waals surface area contributed by atoms with Crippen LogP contribution in [0.1, 0.15) is 13.8 Å². The zero-order chi connectivity index (χ0) is 18.9. The first-order valence-electron chi connectivity index (χ1n) is 8.36. The van der Waals surface area contributed by atoms with Crippen molar-refractivity contribution in [1.82, 2.24) is 5.32 Å². The van der Waals surface area contributed by atoms with Crippen LogP contribution in [0.25, 0.3) is 0 Å². The first-order chi connectivity index (χ1) is 12.5. The van der Waals surface area contributed by atoms with Crippen LogP contribution >= 0.6 is 23.8 Å². The molecule has 138 valence electrons. The molecule has 2 N–H and O–H groups in total. The molecule has 0 aliphatic heterocycles. The van der Waals surface area contributed by atoms with Crippen LogP contribution < -0.4 is 20.3 Å². The van der Waals surface area contributed by atoms with Crippen molar-refractivity contribution in [1.29, 1.82) is 0 Å². The molecule has 0 saturated carbocycles. The van der Waals surface area contributed by atoms with Gasteiger partial charge in [-0.2, -0.15) is 0 Å². The molecule has 2 aromatic rings. The smallest absolute Gasteiger partial charge is 0.264 e. The summed E-state index contributed by atoms with van der Waals surface area (Å²) in [5.74, 6) is 0.0948. The Morgan fingerprint density at radius 2 is 1.77 bits per heavy atom. The zero-order valence-corrected chi connectivity index (χ0v) is 16.4. The molecule has 2 aromatic carbocycles. The van der Waals surface area contributed by atoms with E-state index in [4.69, 9.17) is 28.6 Å². The number of amides is 1. The summed E-state index contributed by atoms with van der Waals surface area (Å²) >= 11 is 11.1. The average Bonchev–Trinajstić information content (AvgIpc) is 2.63. The van der Waals surface area contributed by atoms with Gasteiger partial charge < -0.3 is 15.0 Å². The minimum absolute atomic E-state index is 0.174. The predicted octanol–water partition coefficient (Wildman–Crippen LogP) is 4.08. The van der Waals surface area contributed by atoms with Crippen molar-refractivity contribution < 1.29 is 9.53 Å². The molecule has 0 atom stereocenters. The van der Waals surface area contributed by atoms with Gasteiger partial charge in [0.25, 0.3) is 5.91 Å². The molecule has 0 aliphatic rings. The van der Waals surface area contributed by atoms with Crippen LogP contribution in [-0.4, -0.2) is 30.7 Å². The van der Waals surface area contributed by atoms with E-state index < -0.39 is 0 Å². The van der Waals surface area contributed by atoms with Crippen molar-refractivity contribution in [3.8, 4) is 5.75 Å². The number of rotatable bonds is 7. The molecule has 0 aliphatic carbocycles. The van der Waals surface area contributed by atoms with Crippen LogP contribution in [-0.2, 0) is 4.79 Å². The number of para-hydroxylation sites is 1. The lowest BCUT2D eigenvalue weighted by Crippen LogP contribution is -2.37. The third kappa shape index (κ3) is 5.89. The largest absolute Gasteiger partial charge is 0.482 e. The van der Waals surface area contributed by atoms with Crippen molar-refractivity contribution in [3.05, 3.63) is 53.6 Å². The van der Waals surface area contributed by atoms with Crippen molar-refractivity contribution in [2.45, 2.75) is 13.8 Å². The van der Waals surface area contributed by atoms with Gasteiger partial charge in [0, 0.05) is 24.5 Å². The van der Waals surface area contributed by atoms with Gasteiger partial charge in [-0.25, -0.2) is 0 Å². The monoisotopic (exact) mass is 391 g/mol. The van der Waals surface area contributed by atoms with Crippen LogP contribution in [0.4, 0.5) is 11.4 Å². The third-order valence-corrected chi connectivity index (χ3v) is 4.22. The number of thiocarbonyl (C=S) groups is 1. The van der Waals surface area contributed by atoms with Gasteiger partial charge in [0.2, 0.25) is 0 Å². The summed E-state index contributed by atoms with van der Waals surface area (Å²) in [5, 5.41) is 6.23. The number of nitrogens with one attached hydrogen (secondary N) is 2. The fraction of sp³-hybridized carbons (Fsp3) is 0.263. The van der Waals surface area contributed by atoms with Gasteiger partial charge in [0.15, 0.2) is 11.7 Å². The summed E-state index contributed by atoms with van der Waals surface area (Å²) in [6.07, 6.45) is 0. The third-order valence-electron chi connectivity index (χ3n) is 3.70. The first kappa shape index (κ1) is 20.0. The lowest BCUT2D eigenvalue weighted by Gasteiger charge is -2.21. The van der Waals surface area contributed by atoms with Crippen LogP contribution in [0.5, 0.6) is 5.75 Å². The van der Waals surface area contributed by atoms with E-state index in [1.165, 1.54) is 0 Å². The molecular formula is C19H22ClN3O2S. The quantitative estimate of drug-likeness (QED) is 0.696. The van der Waals surface area contributed by atoms with Crippen LogP contribution in [0.15, 0.2) is 48.5 Å². The van der Waals surface area contributed by atoms with Crippen LogP contribution in [0.3, 0.4) is 0 Å². The Bertz CT molecular complexity index is 749. The number of carbonyl (C=O) groups excluding carboxylic acids is 1. The zero-order valence-electron chi connectivity index (χ0n) is 14.8. The number of halogens is 1. The molecule has 0 unspecified atom stereocenters. The maximum Gasteiger partial charge on any atom is 0.264 e. The molecule has 2 rings (SSSR count). The number of benzene rings is 2. The van der Waals surface area contributed by atoms with Crippen LogP contribution in [0.2, 0.25) is 5.02 Å². The second kappa shape index (κ2) is 9.99. The van der Waals surface area contributed by atoms with E-state index >= 15 is 0 Å². The lowest BCUT2D eigenvalue weighted by atomic mass is 10.2. The number of hydrogen-bond donors (Lipinski definition) is 2. The fourth-order valence-electron chi connectivity index (χ4n) is 2.37. The maximum absolute atomic E-state index is 11.9. The van der Waals surface area contributed by atoms with Gasteiger partial charge in [-0.05, 0) is 62.5 Å². The number of ether oxygens (including phenoxy) is 1. The van der Waals surface area contributed by atoms with Crippen molar-refractivity contribution in [2.24, 2.45) is 0 Å². The van der Waals surface area contributed by atoms with Gasteiger partial charge in [0.1, 0.15) is 5.75 Å². The molecule has 0 heterocycles. The lowest BCUT2D eigenvalue weighted by molar-refractivity contribution is -0.121. The molecule has 1 amide bonds. The molecular weight excluding hydrogens is 370 g/mol. The Balaban J connectivity index is 1.82. The number of hydrogen-bond acceptors (Lipinski definition) is 4. The van der Waals surface area contributed by atoms with Gasteiger partial charge in [-0.1, -0.05) is 23.7 Å². The molecule has 0 aromatic heterocycles. The highest BCUT2D eigenvalue weighted by molar-refractivity contribution is 7.80. The van der Waals surface area contributed by atoms with Gasteiger partial charge in [-0.3, -0.25) is 10.1 Å². The second-order valence-electron chi connectivity index (χ2n) is 5.44. The molecule has 26 heavy (non-hydrogen) atoms. The van der Waals surface area contributed by atoms with E-state index in [0.717, 1.165) is 24.5 Å². The Morgan fingerprint density at radius 3 is 2.38 bits per heavy atom. The van der Waals surface area contributed by atoms with Gasteiger partial charge in [-0.15, -0.1) is 0 Å². The fourth-order valence-corrected chi connectivity index (χ4v) is 2.80. The Morgan fingerprint density at radius 1 is 1.12 bits per heavy atom. The number of carbonyl (C=O) groups is 1. The Labute approximate surface area is 164 Å². The predicted molar refractivity (Wildman–Crippen MR) is 111 cm³/mol. The topological polar surface area (TPSA) is 53.6 Å². The Hall–Kier alpha value is -2.31. The van der Waals surface area contributed by atoms with E-state index in [2.05, 4.69) is 29.4 Å². The average molecular weight is 392 g/mol. The Kier molecular flexibility index (Phi) is 7.69. The normalized spacial score (nSPS) is 10.1. The van der Waals surface area contributed by atoms with Crippen molar-refractivity contribution >= 4 is 46.2 Å². The molecule has 0 fully saturated rings. The molecule has 5 nitrogen and oxygen atoms in total. The summed E-state index contributed by atoms with van der Waals surface area (Å²) in [6.45, 7) is 5.95. The molecule has 0 radical (unpaired) electrons. The minimum atomic E-state index is -0.359. The van der Waals surface area contributed by atoms with Crippen LogP contribution in [0, 0.1) is 0 Å². The molecule has 0 spiro atoms. The van der Waals surface area contributed by atoms with E-state index in [1.807, 2.05) is 24.3 Å². The SMILES string of the molecule is CCN(CC)c1ccc(NC(=S)NC(=O)COc2ccccc2Cl)cc1. The standard InChI is InChI=1S/C19H22ClN3O2S/c1-3-23(4-2)15-11-9-14(10-12-15)21-19(26)22-18(24)13-25-17-8-6-5-7-16(17)20/h5-12H,3-4,13H2,1-2H3,(H2,21,22,24,26). The number of nitrogens with zero attached hydrogens (tertiary/aromatic N) is 1. The highest BCUT2D eigenvalue weighted by atomic mass is 35.5. The maximum atomic E-state index is 11.9. The van der Waals surface area contributed by atoms with E-state index in [0.29, 0.717) is 10.8 Å². The van der Waals surface area contributed by atoms with Crippen molar-refractivity contribution in [2.75, 3.05) is 29.9 Å². The first-order valence-corrected chi connectivity index (χ1v) is 9.15. The summed E-state index contributed by atoms with van der Waals surface area (Å²) in [7, 11) is 0. The van der Waals surface area contributed by atoms with Gasteiger partial charge >= 0.3 is 0 Å². The summed E-state index contributed by atoms with van der Waals surface area (Å²) in [6, 6.07) is 14.8. The summed E-state index contributed by atoms with van der Waals surface area (Å²) in [4.78, 5) is 14.2. The summed E-state index contributed by atoms with van der Waals surface area (Å²) in [5.41, 5.74) is 1.95. The van der Waals surface area contributed by atoms with Gasteiger partial charge in [0.05, 0.1) is 5.02 Å².